The number of pyridine rings is 1. The number of carbonyl (C=O) groups excluding carboxylic acids is 1. The number of anilines is 2. The largest absolute Gasteiger partial charge is 0.487 e. The van der Waals surface area contributed by atoms with Crippen LogP contribution in [0.4, 0.5) is 15.8 Å². The smallest absolute Gasteiger partial charge is 0.261 e. The monoisotopic (exact) mass is 478 g/mol. The number of nitrogens with zero attached hydrogens (tertiary/aromatic N) is 3. The maximum atomic E-state index is 15.5. The first-order valence-corrected chi connectivity index (χ1v) is 12.0. The van der Waals surface area contributed by atoms with Crippen LogP contribution in [-0.4, -0.2) is 55.2 Å². The lowest BCUT2D eigenvalue weighted by Gasteiger charge is -2.37. The Balaban J connectivity index is 1.64. The first-order valence-electron chi connectivity index (χ1n) is 12.0. The van der Waals surface area contributed by atoms with Crippen LogP contribution in [0.5, 0.6) is 5.75 Å². The molecule has 0 radical (unpaired) electrons. The van der Waals surface area contributed by atoms with Crippen LogP contribution in [-0.2, 0) is 0 Å². The highest BCUT2D eigenvalue weighted by atomic mass is 19.1. The van der Waals surface area contributed by atoms with Gasteiger partial charge in [0.2, 0.25) is 5.43 Å². The van der Waals surface area contributed by atoms with E-state index >= 15 is 4.39 Å². The van der Waals surface area contributed by atoms with E-state index in [1.54, 1.807) is 6.20 Å². The number of nitrogens with one attached hydrogen (secondary N) is 1. The third kappa shape index (κ3) is 3.95. The highest BCUT2D eigenvalue weighted by molar-refractivity contribution is 6.07. The highest BCUT2D eigenvalue weighted by Gasteiger charge is 2.31. The van der Waals surface area contributed by atoms with Gasteiger partial charge in [0.25, 0.3) is 5.91 Å². The van der Waals surface area contributed by atoms with Crippen LogP contribution in [0.3, 0.4) is 0 Å². The Morgan fingerprint density at radius 3 is 2.40 bits per heavy atom. The van der Waals surface area contributed by atoms with E-state index in [2.05, 4.69) is 10.2 Å². The minimum atomic E-state index is -0.502. The Morgan fingerprint density at radius 2 is 1.74 bits per heavy atom. The number of benzene rings is 2. The Morgan fingerprint density at radius 1 is 1.09 bits per heavy atom. The lowest BCUT2D eigenvalue weighted by atomic mass is 10.0. The van der Waals surface area contributed by atoms with E-state index in [4.69, 9.17) is 4.74 Å². The number of likely N-dealkylation sites (N-methyl/N-ethyl adjacent to an activating group) is 1. The van der Waals surface area contributed by atoms with Crippen molar-refractivity contribution in [3.8, 4) is 5.75 Å². The van der Waals surface area contributed by atoms with E-state index < -0.39 is 17.2 Å². The van der Waals surface area contributed by atoms with Crippen molar-refractivity contribution < 1.29 is 13.9 Å². The summed E-state index contributed by atoms with van der Waals surface area (Å²) in [6.45, 7) is 11.1. The van der Waals surface area contributed by atoms with Crippen molar-refractivity contribution in [1.82, 2.24) is 9.47 Å². The van der Waals surface area contributed by atoms with Gasteiger partial charge in [-0.25, -0.2) is 4.39 Å². The van der Waals surface area contributed by atoms with Crippen LogP contribution in [0, 0.1) is 26.6 Å². The number of halogens is 1. The first-order chi connectivity index (χ1) is 16.7. The number of amides is 1. The van der Waals surface area contributed by atoms with Crippen molar-refractivity contribution in [1.29, 1.82) is 0 Å². The average molecular weight is 479 g/mol. The minimum absolute atomic E-state index is 0.0108. The second kappa shape index (κ2) is 8.68. The molecular formula is C27H31FN4O3. The Hall–Kier alpha value is -3.39. The fourth-order valence-electron chi connectivity index (χ4n) is 5.26. The van der Waals surface area contributed by atoms with E-state index in [1.807, 2.05) is 56.3 Å². The molecule has 5 rings (SSSR count). The Bertz CT molecular complexity index is 1380. The molecule has 1 aromatic heterocycles. The first kappa shape index (κ1) is 23.4. The topological polar surface area (TPSA) is 66.8 Å². The van der Waals surface area contributed by atoms with Crippen LogP contribution in [0.15, 0.2) is 29.2 Å². The zero-order chi connectivity index (χ0) is 25.0. The third-order valence-electron chi connectivity index (χ3n) is 7.12. The van der Waals surface area contributed by atoms with Crippen molar-refractivity contribution in [2.75, 3.05) is 50.1 Å². The van der Waals surface area contributed by atoms with Crippen molar-refractivity contribution in [3.63, 3.8) is 0 Å². The summed E-state index contributed by atoms with van der Waals surface area (Å²) in [6, 6.07) is 5.12. The van der Waals surface area contributed by atoms with Crippen molar-refractivity contribution in [2.45, 2.75) is 33.7 Å². The van der Waals surface area contributed by atoms with Crippen LogP contribution in [0.25, 0.3) is 10.9 Å². The Labute approximate surface area is 204 Å². The number of aryl methyl sites for hydroxylation is 3. The lowest BCUT2D eigenvalue weighted by molar-refractivity contribution is 0.102. The molecule has 0 aliphatic carbocycles. The van der Waals surface area contributed by atoms with E-state index in [0.717, 1.165) is 29.8 Å². The fourth-order valence-corrected chi connectivity index (χ4v) is 5.26. The van der Waals surface area contributed by atoms with Gasteiger partial charge >= 0.3 is 0 Å². The van der Waals surface area contributed by atoms with Gasteiger partial charge in [-0.2, -0.15) is 0 Å². The Kier molecular flexibility index (Phi) is 5.79. The molecule has 0 spiro atoms. The molecule has 0 unspecified atom stereocenters. The summed E-state index contributed by atoms with van der Waals surface area (Å²) >= 11 is 0. The SMILES string of the molecule is Cc1cc(C)c(NC(=O)c2cn3c4c(c(N5CCN(C)CC5)c(F)cc4c2=O)OC[C@@H]3C)c(C)c1. The summed E-state index contributed by atoms with van der Waals surface area (Å²) in [5, 5.41) is 3.08. The molecular weight excluding hydrogens is 447 g/mol. The average Bonchev–Trinajstić information content (AvgIpc) is 2.80. The molecule has 2 aliphatic rings. The number of aromatic nitrogens is 1. The zero-order valence-electron chi connectivity index (χ0n) is 20.9. The standard InChI is InChI=1S/C27H31FN4O3/c1-15-10-16(2)22(17(3)11-15)29-27(34)20-13-32-18(4)14-35-26-23(32)19(25(20)33)12-21(28)24(26)31-8-6-30(5)7-9-31/h10-13,18H,6-9,14H2,1-5H3,(H,29,34)/t18-/m0/s1. The molecule has 1 saturated heterocycles. The molecule has 8 heteroatoms. The van der Waals surface area contributed by atoms with Crippen LogP contribution < -0.4 is 20.4 Å². The predicted molar refractivity (Wildman–Crippen MR) is 137 cm³/mol. The number of rotatable bonds is 3. The van der Waals surface area contributed by atoms with Gasteiger partial charge in [-0.1, -0.05) is 17.7 Å². The van der Waals surface area contributed by atoms with Gasteiger partial charge in [0.15, 0.2) is 11.6 Å². The van der Waals surface area contributed by atoms with Crippen molar-refractivity contribution in [2.24, 2.45) is 0 Å². The van der Waals surface area contributed by atoms with E-state index in [0.29, 0.717) is 42.3 Å². The summed E-state index contributed by atoms with van der Waals surface area (Å²) in [6.07, 6.45) is 1.60. The molecule has 3 heterocycles. The fraction of sp³-hybridized carbons (Fsp3) is 0.407. The van der Waals surface area contributed by atoms with E-state index in [-0.39, 0.29) is 17.0 Å². The van der Waals surface area contributed by atoms with Gasteiger partial charge in [-0.05, 0) is 51.9 Å². The van der Waals surface area contributed by atoms with Gasteiger partial charge in [0.05, 0.1) is 16.9 Å². The number of piperazine rings is 1. The maximum absolute atomic E-state index is 15.5. The highest BCUT2D eigenvalue weighted by Crippen LogP contribution is 2.42. The van der Waals surface area contributed by atoms with E-state index in [1.165, 1.54) is 6.07 Å². The van der Waals surface area contributed by atoms with Crippen molar-refractivity contribution in [3.05, 3.63) is 62.7 Å². The molecule has 184 valence electrons. The second-order valence-electron chi connectivity index (χ2n) is 9.89. The van der Waals surface area contributed by atoms with E-state index in [9.17, 15) is 9.59 Å². The number of carbonyl (C=O) groups is 1. The minimum Gasteiger partial charge on any atom is -0.487 e. The van der Waals surface area contributed by atoms with Crippen LogP contribution in [0.2, 0.25) is 0 Å². The zero-order valence-corrected chi connectivity index (χ0v) is 20.9. The number of hydrogen-bond acceptors (Lipinski definition) is 5. The third-order valence-corrected chi connectivity index (χ3v) is 7.12. The predicted octanol–water partition coefficient (Wildman–Crippen LogP) is 4.02. The molecule has 7 nitrogen and oxygen atoms in total. The van der Waals surface area contributed by atoms with Crippen molar-refractivity contribution >= 4 is 28.2 Å². The molecule has 1 N–H and O–H groups in total. The molecule has 1 amide bonds. The molecule has 1 fully saturated rings. The molecule has 1 atom stereocenters. The quantitative estimate of drug-likeness (QED) is 0.616. The second-order valence-corrected chi connectivity index (χ2v) is 9.89. The summed E-state index contributed by atoms with van der Waals surface area (Å²) in [5.41, 5.74) is 4.06. The number of hydrogen-bond donors (Lipinski definition) is 1. The lowest BCUT2D eigenvalue weighted by Crippen LogP contribution is -2.45. The normalized spacial score (nSPS) is 18.0. The van der Waals surface area contributed by atoms with Crippen LogP contribution in [0.1, 0.15) is 40.0 Å². The number of ether oxygens (including phenoxy) is 1. The molecule has 35 heavy (non-hydrogen) atoms. The summed E-state index contributed by atoms with van der Waals surface area (Å²) in [5.74, 6) is -0.616. The molecule has 3 aromatic rings. The summed E-state index contributed by atoms with van der Waals surface area (Å²) < 4.78 is 23.4. The maximum Gasteiger partial charge on any atom is 0.261 e. The van der Waals surface area contributed by atoms with Gasteiger partial charge in [0, 0.05) is 38.1 Å². The molecule has 0 saturated carbocycles. The molecule has 0 bridgehead atoms. The van der Waals surface area contributed by atoms with Gasteiger partial charge in [-0.3, -0.25) is 9.59 Å². The van der Waals surface area contributed by atoms with Gasteiger partial charge in [0.1, 0.15) is 17.9 Å². The molecule has 2 aliphatic heterocycles. The summed E-state index contributed by atoms with van der Waals surface area (Å²) in [4.78, 5) is 31.0. The van der Waals surface area contributed by atoms with Gasteiger partial charge < -0.3 is 24.4 Å². The molecule has 2 aromatic carbocycles. The van der Waals surface area contributed by atoms with Crippen LogP contribution >= 0.6 is 0 Å². The van der Waals surface area contributed by atoms with Gasteiger partial charge in [-0.15, -0.1) is 0 Å². The summed E-state index contributed by atoms with van der Waals surface area (Å²) in [7, 11) is 2.04.